The van der Waals surface area contributed by atoms with Gasteiger partial charge in [0.1, 0.15) is 5.75 Å². The first-order valence-corrected chi connectivity index (χ1v) is 11.0. The zero-order valence-electron chi connectivity index (χ0n) is 13.9. The molecule has 0 saturated carbocycles. The zero-order valence-corrected chi connectivity index (χ0v) is 16.3. The highest BCUT2D eigenvalue weighted by atomic mass is 35.5. The van der Waals surface area contributed by atoms with Gasteiger partial charge in [0.25, 0.3) is 0 Å². The number of methoxy groups -OCH3 is 1. The van der Waals surface area contributed by atoms with Crippen molar-refractivity contribution in [1.29, 1.82) is 0 Å². The number of fused-ring (bicyclic) bond motifs is 1. The lowest BCUT2D eigenvalue weighted by molar-refractivity contribution is -0.117. The highest BCUT2D eigenvalue weighted by Crippen LogP contribution is 2.42. The molecule has 0 aromatic heterocycles. The largest absolute Gasteiger partial charge is 0.495 e. The summed E-state index contributed by atoms with van der Waals surface area (Å²) in [5.74, 6) is 0.491. The second-order valence-electron chi connectivity index (χ2n) is 6.03. The maximum Gasteiger partial charge on any atom is 0.248 e. The zero-order chi connectivity index (χ0) is 18.2. The summed E-state index contributed by atoms with van der Waals surface area (Å²) < 4.78 is 29.2. The second kappa shape index (κ2) is 7.17. The number of sulfone groups is 1. The Morgan fingerprint density at radius 3 is 2.84 bits per heavy atom. The molecule has 0 aliphatic carbocycles. The van der Waals surface area contributed by atoms with E-state index in [0.717, 1.165) is 6.42 Å². The topological polar surface area (TPSA) is 76.0 Å². The smallest absolute Gasteiger partial charge is 0.248 e. The third-order valence-electron chi connectivity index (χ3n) is 4.16. The molecule has 136 valence electrons. The van der Waals surface area contributed by atoms with Crippen LogP contribution < -0.4 is 9.64 Å². The maximum atomic E-state index is 12.0. The van der Waals surface area contributed by atoms with E-state index in [1.165, 1.54) is 18.9 Å². The third-order valence-corrected chi connectivity index (χ3v) is 7.67. The Kier molecular flexibility index (Phi) is 5.31. The van der Waals surface area contributed by atoms with Crippen LogP contribution in [0.25, 0.3) is 0 Å². The Morgan fingerprint density at radius 1 is 1.44 bits per heavy atom. The first-order valence-electron chi connectivity index (χ1n) is 7.96. The van der Waals surface area contributed by atoms with E-state index < -0.39 is 9.84 Å². The fraction of sp³-hybridized carbons (Fsp3) is 0.500. The van der Waals surface area contributed by atoms with Crippen molar-refractivity contribution >= 4 is 50.0 Å². The quantitative estimate of drug-likeness (QED) is 0.770. The Bertz CT molecular complexity index is 825. The lowest BCUT2D eigenvalue weighted by Gasteiger charge is -2.25. The number of nitrogens with zero attached hydrogens (tertiary/aromatic N) is 2. The molecular weight excluding hydrogens is 384 g/mol. The highest BCUT2D eigenvalue weighted by molar-refractivity contribution is 8.16. The van der Waals surface area contributed by atoms with E-state index >= 15 is 0 Å². The Morgan fingerprint density at radius 2 is 2.20 bits per heavy atom. The number of amidine groups is 1. The fourth-order valence-electron chi connectivity index (χ4n) is 3.05. The van der Waals surface area contributed by atoms with Gasteiger partial charge >= 0.3 is 0 Å². The molecule has 2 saturated heterocycles. The van der Waals surface area contributed by atoms with Crippen molar-refractivity contribution in [3.05, 3.63) is 23.2 Å². The first kappa shape index (κ1) is 18.5. The molecule has 0 spiro atoms. The summed E-state index contributed by atoms with van der Waals surface area (Å²) in [5.41, 5.74) is 0.714. The van der Waals surface area contributed by atoms with Gasteiger partial charge < -0.3 is 9.64 Å². The highest BCUT2D eigenvalue weighted by Gasteiger charge is 2.49. The van der Waals surface area contributed by atoms with Crippen LogP contribution in [0.4, 0.5) is 5.69 Å². The number of ether oxygens (including phenoxy) is 1. The normalized spacial score (nSPS) is 26.0. The van der Waals surface area contributed by atoms with Gasteiger partial charge in [0.05, 0.1) is 29.7 Å². The van der Waals surface area contributed by atoms with Gasteiger partial charge in [0.2, 0.25) is 5.91 Å². The van der Waals surface area contributed by atoms with Gasteiger partial charge in [-0.1, -0.05) is 30.3 Å². The van der Waals surface area contributed by atoms with Crippen molar-refractivity contribution in [3.63, 3.8) is 0 Å². The number of rotatable bonds is 4. The first-order chi connectivity index (χ1) is 11.8. The van der Waals surface area contributed by atoms with Crippen LogP contribution in [0.15, 0.2) is 23.2 Å². The standard InChI is InChI=1S/C16H19ClN2O4S2/c1-3-4-15(20)18-16-19(10-5-6-13(23-2)11(17)7-10)12-8-25(21,22)9-14(12)24-16/h5-7,12,14H,3-4,8-9H2,1-2H3/t12-,14-/m1/s1. The number of aliphatic imine (C=N–C) groups is 1. The number of anilines is 1. The molecule has 2 fully saturated rings. The summed E-state index contributed by atoms with van der Waals surface area (Å²) in [6.07, 6.45) is 1.09. The summed E-state index contributed by atoms with van der Waals surface area (Å²) in [6.45, 7) is 1.92. The second-order valence-corrected chi connectivity index (χ2v) is 9.79. The van der Waals surface area contributed by atoms with E-state index in [0.29, 0.717) is 28.0 Å². The minimum absolute atomic E-state index is 0.0509. The average Bonchev–Trinajstić information content (AvgIpc) is 2.98. The summed E-state index contributed by atoms with van der Waals surface area (Å²) in [7, 11) is -1.56. The minimum atomic E-state index is -3.09. The van der Waals surface area contributed by atoms with Gasteiger partial charge in [-0.2, -0.15) is 4.99 Å². The van der Waals surface area contributed by atoms with Crippen LogP contribution >= 0.6 is 23.4 Å². The van der Waals surface area contributed by atoms with Gasteiger partial charge in [0, 0.05) is 17.4 Å². The van der Waals surface area contributed by atoms with Crippen molar-refractivity contribution in [2.75, 3.05) is 23.5 Å². The van der Waals surface area contributed by atoms with Crippen molar-refractivity contribution in [2.45, 2.75) is 31.1 Å². The number of thioether (sulfide) groups is 1. The SMILES string of the molecule is CCCC(=O)N=C1S[C@@H]2CS(=O)(=O)C[C@H]2N1c1ccc(OC)c(Cl)c1. The summed E-state index contributed by atoms with van der Waals surface area (Å²) in [5, 5.41) is 0.845. The molecule has 0 N–H and O–H groups in total. The summed E-state index contributed by atoms with van der Waals surface area (Å²) >= 11 is 7.58. The number of hydrogen-bond acceptors (Lipinski definition) is 5. The van der Waals surface area contributed by atoms with Gasteiger partial charge in [0.15, 0.2) is 15.0 Å². The lowest BCUT2D eigenvalue weighted by atomic mass is 10.2. The molecule has 0 radical (unpaired) electrons. The van der Waals surface area contributed by atoms with E-state index in [4.69, 9.17) is 16.3 Å². The van der Waals surface area contributed by atoms with Crippen LogP contribution in [0.5, 0.6) is 5.75 Å². The average molecular weight is 403 g/mol. The molecule has 1 aromatic rings. The molecule has 1 amide bonds. The maximum absolute atomic E-state index is 12.0. The van der Waals surface area contributed by atoms with Crippen LogP contribution in [0.3, 0.4) is 0 Å². The van der Waals surface area contributed by atoms with Crippen molar-refractivity contribution < 1.29 is 17.9 Å². The molecular formula is C16H19ClN2O4S2. The number of halogens is 1. The Balaban J connectivity index is 2.00. The molecule has 1 aromatic carbocycles. The van der Waals surface area contributed by atoms with E-state index in [2.05, 4.69) is 4.99 Å². The number of amides is 1. The number of carbonyl (C=O) groups excluding carboxylic acids is 1. The predicted octanol–water partition coefficient (Wildman–Crippen LogP) is 2.75. The summed E-state index contributed by atoms with van der Waals surface area (Å²) in [4.78, 5) is 18.1. The van der Waals surface area contributed by atoms with E-state index in [1.807, 2.05) is 11.8 Å². The fourth-order valence-corrected chi connectivity index (χ4v) is 7.23. The van der Waals surface area contributed by atoms with Gasteiger partial charge in [-0.25, -0.2) is 8.42 Å². The molecule has 2 atom stereocenters. The molecule has 6 nitrogen and oxygen atoms in total. The number of benzene rings is 1. The molecule has 2 heterocycles. The Hall–Kier alpha value is -1.25. The molecule has 25 heavy (non-hydrogen) atoms. The molecule has 2 aliphatic rings. The summed E-state index contributed by atoms with van der Waals surface area (Å²) in [6, 6.07) is 5.00. The van der Waals surface area contributed by atoms with Crippen LogP contribution in [-0.2, 0) is 14.6 Å². The van der Waals surface area contributed by atoms with Crippen LogP contribution in [-0.4, -0.2) is 49.4 Å². The monoisotopic (exact) mass is 402 g/mol. The Labute approximate surface area is 156 Å². The van der Waals surface area contributed by atoms with Crippen LogP contribution in [0, 0.1) is 0 Å². The number of carbonyl (C=O) groups is 1. The minimum Gasteiger partial charge on any atom is -0.495 e. The predicted molar refractivity (Wildman–Crippen MR) is 102 cm³/mol. The third kappa shape index (κ3) is 3.80. The van der Waals surface area contributed by atoms with Gasteiger partial charge in [-0.3, -0.25) is 4.79 Å². The van der Waals surface area contributed by atoms with Crippen molar-refractivity contribution in [2.24, 2.45) is 4.99 Å². The van der Waals surface area contributed by atoms with Gasteiger partial charge in [-0.15, -0.1) is 0 Å². The van der Waals surface area contributed by atoms with Crippen LogP contribution in [0.2, 0.25) is 5.02 Å². The van der Waals surface area contributed by atoms with Crippen LogP contribution in [0.1, 0.15) is 19.8 Å². The molecule has 3 rings (SSSR count). The molecule has 0 unspecified atom stereocenters. The molecule has 0 bridgehead atoms. The van der Waals surface area contributed by atoms with E-state index in [-0.39, 0.29) is 28.7 Å². The molecule has 9 heteroatoms. The van der Waals surface area contributed by atoms with E-state index in [9.17, 15) is 13.2 Å². The molecule has 2 aliphatic heterocycles. The van der Waals surface area contributed by atoms with Gasteiger partial charge in [-0.05, 0) is 24.6 Å². The lowest BCUT2D eigenvalue weighted by Crippen LogP contribution is -2.37. The van der Waals surface area contributed by atoms with E-state index in [1.54, 1.807) is 18.2 Å². The number of hydrogen-bond donors (Lipinski definition) is 0. The van der Waals surface area contributed by atoms with Crippen molar-refractivity contribution in [1.82, 2.24) is 0 Å². The van der Waals surface area contributed by atoms with Crippen molar-refractivity contribution in [3.8, 4) is 5.75 Å².